The van der Waals surface area contributed by atoms with Crippen molar-refractivity contribution >= 4 is 11.9 Å². The summed E-state index contributed by atoms with van der Waals surface area (Å²) >= 11 is 0. The van der Waals surface area contributed by atoms with Gasteiger partial charge >= 0.3 is 5.97 Å². The quantitative estimate of drug-likeness (QED) is 0.748. The molecule has 2 aromatic rings. The number of nitrogens with zero attached hydrogens (tertiary/aromatic N) is 4. The van der Waals surface area contributed by atoms with Gasteiger partial charge in [0.2, 0.25) is 0 Å². The van der Waals surface area contributed by atoms with Gasteiger partial charge < -0.3 is 10.1 Å². The van der Waals surface area contributed by atoms with E-state index < -0.39 is 12.0 Å². The molecule has 0 aliphatic rings. The Kier molecular flexibility index (Phi) is 5.79. The number of tetrazole rings is 1. The fourth-order valence-corrected chi connectivity index (χ4v) is 2.03. The van der Waals surface area contributed by atoms with Gasteiger partial charge in [-0.05, 0) is 29.8 Å². The van der Waals surface area contributed by atoms with Crippen LogP contribution in [0.25, 0.3) is 0 Å². The van der Waals surface area contributed by atoms with Gasteiger partial charge in [-0.15, -0.1) is 5.10 Å². The van der Waals surface area contributed by atoms with E-state index in [1.807, 2.05) is 44.2 Å². The molecule has 1 amide bonds. The molecule has 1 N–H and O–H groups in total. The van der Waals surface area contributed by atoms with E-state index in [0.29, 0.717) is 6.42 Å². The minimum Gasteiger partial charge on any atom is -0.454 e. The Morgan fingerprint density at radius 2 is 2.00 bits per heavy atom. The highest BCUT2D eigenvalue weighted by molar-refractivity contribution is 5.82. The van der Waals surface area contributed by atoms with E-state index in [2.05, 4.69) is 20.8 Å². The van der Waals surface area contributed by atoms with Crippen LogP contribution in [0.2, 0.25) is 0 Å². The van der Waals surface area contributed by atoms with Crippen molar-refractivity contribution in [1.29, 1.82) is 0 Å². The Balaban J connectivity index is 2.02. The standard InChI is InChI=1S/C15H19N5O3/c1-11(2)17-14(21)9-23-15(22)13(20-10-16-18-19-20)8-12-6-4-3-5-7-12/h3-7,10-11,13H,8-9H2,1-2H3,(H,17,21)/t13-/m0/s1. The molecular weight excluding hydrogens is 298 g/mol. The van der Waals surface area contributed by atoms with Crippen LogP contribution in [0.4, 0.5) is 0 Å². The highest BCUT2D eigenvalue weighted by Gasteiger charge is 2.24. The molecule has 122 valence electrons. The van der Waals surface area contributed by atoms with Gasteiger partial charge in [-0.2, -0.15) is 0 Å². The van der Waals surface area contributed by atoms with Crippen molar-refractivity contribution in [1.82, 2.24) is 25.5 Å². The molecule has 8 heteroatoms. The number of ether oxygens (including phenoxy) is 1. The maximum absolute atomic E-state index is 12.3. The number of nitrogens with one attached hydrogen (secondary N) is 1. The Hall–Kier alpha value is -2.77. The van der Waals surface area contributed by atoms with E-state index >= 15 is 0 Å². The Labute approximate surface area is 133 Å². The van der Waals surface area contributed by atoms with Crippen molar-refractivity contribution in [2.45, 2.75) is 32.4 Å². The predicted molar refractivity (Wildman–Crippen MR) is 81.2 cm³/mol. The number of esters is 1. The SMILES string of the molecule is CC(C)NC(=O)COC(=O)[C@H](Cc1ccccc1)n1cnnn1. The zero-order valence-corrected chi connectivity index (χ0v) is 13.0. The topological polar surface area (TPSA) is 99.0 Å². The van der Waals surface area contributed by atoms with Crippen LogP contribution >= 0.6 is 0 Å². The number of aromatic nitrogens is 4. The second-order valence-electron chi connectivity index (χ2n) is 5.33. The van der Waals surface area contributed by atoms with E-state index in [0.717, 1.165) is 5.56 Å². The summed E-state index contributed by atoms with van der Waals surface area (Å²) in [4.78, 5) is 23.9. The largest absolute Gasteiger partial charge is 0.454 e. The minimum absolute atomic E-state index is 0.0131. The third-order valence-corrected chi connectivity index (χ3v) is 3.02. The third-order valence-electron chi connectivity index (χ3n) is 3.02. The van der Waals surface area contributed by atoms with Crippen LogP contribution in [0.1, 0.15) is 25.5 Å². The first-order valence-electron chi connectivity index (χ1n) is 7.28. The molecule has 0 fully saturated rings. The lowest BCUT2D eigenvalue weighted by molar-refractivity contribution is -0.152. The van der Waals surface area contributed by atoms with E-state index in [9.17, 15) is 9.59 Å². The highest BCUT2D eigenvalue weighted by atomic mass is 16.5. The molecule has 23 heavy (non-hydrogen) atoms. The van der Waals surface area contributed by atoms with Crippen LogP contribution in [0.5, 0.6) is 0 Å². The second-order valence-corrected chi connectivity index (χ2v) is 5.33. The highest BCUT2D eigenvalue weighted by Crippen LogP contribution is 2.14. The molecule has 1 aromatic heterocycles. The van der Waals surface area contributed by atoms with Crippen molar-refractivity contribution in [3.63, 3.8) is 0 Å². The molecule has 0 saturated heterocycles. The van der Waals surface area contributed by atoms with Gasteiger partial charge in [0.1, 0.15) is 6.33 Å². The molecule has 1 aromatic carbocycles. The Morgan fingerprint density at radius 1 is 1.26 bits per heavy atom. The van der Waals surface area contributed by atoms with E-state index in [4.69, 9.17) is 4.74 Å². The summed E-state index contributed by atoms with van der Waals surface area (Å²) < 4.78 is 6.42. The molecule has 8 nitrogen and oxygen atoms in total. The molecule has 0 aliphatic heterocycles. The zero-order chi connectivity index (χ0) is 16.7. The number of hydrogen-bond donors (Lipinski definition) is 1. The average molecular weight is 317 g/mol. The van der Waals surface area contributed by atoms with Gasteiger partial charge in [0.15, 0.2) is 12.6 Å². The molecule has 0 saturated carbocycles. The smallest absolute Gasteiger partial charge is 0.331 e. The van der Waals surface area contributed by atoms with Gasteiger partial charge in [-0.1, -0.05) is 30.3 Å². The number of carbonyl (C=O) groups is 2. The minimum atomic E-state index is -0.723. The van der Waals surface area contributed by atoms with Gasteiger partial charge in [0, 0.05) is 12.5 Å². The normalized spacial score (nSPS) is 12.0. The van der Waals surface area contributed by atoms with Crippen molar-refractivity contribution in [3.05, 3.63) is 42.2 Å². The van der Waals surface area contributed by atoms with Crippen LogP contribution < -0.4 is 5.32 Å². The molecule has 1 heterocycles. The predicted octanol–water partition coefficient (Wildman–Crippen LogP) is 0.525. The van der Waals surface area contributed by atoms with Crippen molar-refractivity contribution in [2.24, 2.45) is 0 Å². The molecule has 0 spiro atoms. The molecule has 2 rings (SSSR count). The number of benzene rings is 1. The maximum Gasteiger partial charge on any atom is 0.331 e. The summed E-state index contributed by atoms with van der Waals surface area (Å²) in [6.45, 7) is 3.34. The summed E-state index contributed by atoms with van der Waals surface area (Å²) in [6, 6.07) is 8.72. The van der Waals surface area contributed by atoms with Crippen molar-refractivity contribution in [2.75, 3.05) is 6.61 Å². The summed E-state index contributed by atoms with van der Waals surface area (Å²) in [6.07, 6.45) is 1.72. The summed E-state index contributed by atoms with van der Waals surface area (Å²) in [5.41, 5.74) is 0.941. The Bertz CT molecular complexity index is 628. The van der Waals surface area contributed by atoms with Gasteiger partial charge in [-0.3, -0.25) is 4.79 Å². The zero-order valence-electron chi connectivity index (χ0n) is 13.0. The maximum atomic E-state index is 12.3. The second kappa shape index (κ2) is 8.02. The lowest BCUT2D eigenvalue weighted by atomic mass is 10.1. The van der Waals surface area contributed by atoms with Crippen LogP contribution in [0.15, 0.2) is 36.7 Å². The average Bonchev–Trinajstić information content (AvgIpc) is 3.05. The number of amides is 1. The van der Waals surface area contributed by atoms with Crippen LogP contribution in [0.3, 0.4) is 0 Å². The number of hydrogen-bond acceptors (Lipinski definition) is 6. The van der Waals surface area contributed by atoms with Gasteiger partial charge in [0.25, 0.3) is 5.91 Å². The molecule has 0 radical (unpaired) electrons. The summed E-state index contributed by atoms with van der Waals surface area (Å²) in [5, 5.41) is 13.5. The fourth-order valence-electron chi connectivity index (χ4n) is 2.03. The fraction of sp³-hybridized carbons (Fsp3) is 0.400. The van der Waals surface area contributed by atoms with Crippen LogP contribution in [-0.2, 0) is 20.7 Å². The lowest BCUT2D eigenvalue weighted by Crippen LogP contribution is -2.35. The molecule has 0 bridgehead atoms. The molecule has 1 atom stereocenters. The van der Waals surface area contributed by atoms with Crippen LogP contribution in [-0.4, -0.2) is 44.7 Å². The third kappa shape index (κ3) is 5.17. The van der Waals surface area contributed by atoms with Crippen molar-refractivity contribution < 1.29 is 14.3 Å². The first-order chi connectivity index (χ1) is 11.1. The van der Waals surface area contributed by atoms with Gasteiger partial charge in [-0.25, -0.2) is 9.48 Å². The first-order valence-corrected chi connectivity index (χ1v) is 7.28. The first kappa shape index (κ1) is 16.6. The molecule has 0 aliphatic carbocycles. The van der Waals surface area contributed by atoms with Crippen molar-refractivity contribution in [3.8, 4) is 0 Å². The van der Waals surface area contributed by atoms with Gasteiger partial charge in [0.05, 0.1) is 0 Å². The van der Waals surface area contributed by atoms with E-state index in [1.165, 1.54) is 11.0 Å². The Morgan fingerprint density at radius 3 is 2.61 bits per heavy atom. The monoisotopic (exact) mass is 317 g/mol. The molecular formula is C15H19N5O3. The van der Waals surface area contributed by atoms with Crippen LogP contribution in [0, 0.1) is 0 Å². The molecule has 0 unspecified atom stereocenters. The summed E-state index contributed by atoms with van der Waals surface area (Å²) in [5.74, 6) is -0.899. The lowest BCUT2D eigenvalue weighted by Gasteiger charge is -2.16. The van der Waals surface area contributed by atoms with E-state index in [1.54, 1.807) is 0 Å². The summed E-state index contributed by atoms with van der Waals surface area (Å²) in [7, 11) is 0. The van der Waals surface area contributed by atoms with E-state index in [-0.39, 0.29) is 18.6 Å². The number of rotatable bonds is 7. The number of carbonyl (C=O) groups excluding carboxylic acids is 2.